The van der Waals surface area contributed by atoms with E-state index in [1.807, 2.05) is 6.07 Å². The van der Waals surface area contributed by atoms with Gasteiger partial charge in [0.05, 0.1) is 12.3 Å². The molecule has 2 aromatic rings. The largest absolute Gasteiger partial charge is 0.504 e. The number of phenols is 1. The number of para-hydroxylation sites is 2. The first-order chi connectivity index (χ1) is 11.6. The molecule has 6 heteroatoms. The van der Waals surface area contributed by atoms with Gasteiger partial charge < -0.3 is 9.84 Å². The minimum atomic E-state index is -0.523. The van der Waals surface area contributed by atoms with Crippen molar-refractivity contribution >= 4 is 23.6 Å². The summed E-state index contributed by atoms with van der Waals surface area (Å²) in [5, 5.41) is 11.4. The number of ether oxygens (including phenoxy) is 1. The van der Waals surface area contributed by atoms with Crippen LogP contribution in [0, 0.1) is 0 Å². The minimum absolute atomic E-state index is 0.0530. The lowest BCUT2D eigenvalue weighted by atomic mass is 10.1. The summed E-state index contributed by atoms with van der Waals surface area (Å²) in [4.78, 5) is 24.6. The Kier molecular flexibility index (Phi) is 4.20. The number of benzene rings is 2. The van der Waals surface area contributed by atoms with Crippen LogP contribution in [0.4, 0.5) is 5.69 Å². The predicted octanol–water partition coefficient (Wildman–Crippen LogP) is 2.25. The third-order valence-electron chi connectivity index (χ3n) is 3.54. The molecule has 122 valence electrons. The van der Waals surface area contributed by atoms with Crippen molar-refractivity contribution in [1.29, 1.82) is 0 Å². The number of anilines is 1. The molecule has 6 nitrogen and oxygen atoms in total. The molecule has 0 aromatic heterocycles. The van der Waals surface area contributed by atoms with E-state index >= 15 is 0 Å². The summed E-state index contributed by atoms with van der Waals surface area (Å²) in [5.41, 5.74) is 3.36. The molecule has 0 radical (unpaired) electrons. The number of hydrogen-bond donors (Lipinski definition) is 2. The van der Waals surface area contributed by atoms with Crippen LogP contribution < -0.4 is 15.2 Å². The summed E-state index contributed by atoms with van der Waals surface area (Å²) in [6.45, 7) is 2.20. The van der Waals surface area contributed by atoms with Crippen molar-refractivity contribution in [3.63, 3.8) is 0 Å². The first-order valence-corrected chi connectivity index (χ1v) is 7.48. The summed E-state index contributed by atoms with van der Waals surface area (Å²) in [6, 6.07) is 13.7. The number of hydrogen-bond acceptors (Lipinski definition) is 4. The highest BCUT2D eigenvalue weighted by Crippen LogP contribution is 2.32. The Morgan fingerprint density at radius 3 is 2.58 bits per heavy atom. The van der Waals surface area contributed by atoms with Crippen molar-refractivity contribution in [2.24, 2.45) is 0 Å². The Morgan fingerprint density at radius 1 is 1.12 bits per heavy atom. The van der Waals surface area contributed by atoms with Gasteiger partial charge in [0.2, 0.25) is 0 Å². The Balaban J connectivity index is 1.95. The zero-order valence-electron chi connectivity index (χ0n) is 13.0. The van der Waals surface area contributed by atoms with E-state index in [9.17, 15) is 14.7 Å². The molecule has 0 atom stereocenters. The lowest BCUT2D eigenvalue weighted by Crippen LogP contribution is -2.35. The van der Waals surface area contributed by atoms with Crippen LogP contribution in [0.5, 0.6) is 11.5 Å². The molecule has 2 aromatic carbocycles. The van der Waals surface area contributed by atoms with Gasteiger partial charge in [-0.2, -0.15) is 0 Å². The normalized spacial score (nSPS) is 15.7. The van der Waals surface area contributed by atoms with Crippen LogP contribution in [0.1, 0.15) is 12.5 Å². The van der Waals surface area contributed by atoms with Gasteiger partial charge in [-0.25, -0.2) is 5.01 Å². The van der Waals surface area contributed by atoms with Crippen molar-refractivity contribution in [2.75, 3.05) is 11.6 Å². The summed E-state index contributed by atoms with van der Waals surface area (Å²) >= 11 is 0. The zero-order chi connectivity index (χ0) is 17.1. The van der Waals surface area contributed by atoms with E-state index in [1.165, 1.54) is 11.1 Å². The molecule has 1 aliphatic heterocycles. The molecular weight excluding hydrogens is 308 g/mol. The summed E-state index contributed by atoms with van der Waals surface area (Å²) in [5.74, 6) is -0.805. The van der Waals surface area contributed by atoms with Gasteiger partial charge in [-0.1, -0.05) is 30.3 Å². The quantitative estimate of drug-likeness (QED) is 0.668. The van der Waals surface area contributed by atoms with Crippen LogP contribution in [0.25, 0.3) is 6.08 Å². The van der Waals surface area contributed by atoms with Gasteiger partial charge in [-0.05, 0) is 31.2 Å². The standard InChI is InChI=1S/C18H16N2O4/c1-2-24-15-10-6-7-12(16(15)21)11-14-17(22)19-20(18(14)23)13-8-4-3-5-9-13/h3-11,21H,2H2,1H3,(H,19,22)/b14-11+. The van der Waals surface area contributed by atoms with E-state index in [2.05, 4.69) is 5.43 Å². The first kappa shape index (κ1) is 15.6. The number of aromatic hydroxyl groups is 1. The maximum atomic E-state index is 12.5. The lowest BCUT2D eigenvalue weighted by Gasteiger charge is -2.13. The Labute approximate surface area is 138 Å². The van der Waals surface area contributed by atoms with E-state index in [0.29, 0.717) is 23.6 Å². The van der Waals surface area contributed by atoms with Crippen molar-refractivity contribution in [1.82, 2.24) is 5.43 Å². The van der Waals surface area contributed by atoms with Gasteiger partial charge in [0, 0.05) is 5.56 Å². The number of nitrogens with zero attached hydrogens (tertiary/aromatic N) is 1. The predicted molar refractivity (Wildman–Crippen MR) is 89.3 cm³/mol. The molecule has 2 amide bonds. The van der Waals surface area contributed by atoms with Crippen molar-refractivity contribution < 1.29 is 19.4 Å². The number of nitrogens with one attached hydrogen (secondary N) is 1. The molecule has 0 aliphatic carbocycles. The molecule has 1 saturated heterocycles. The molecule has 1 aliphatic rings. The molecule has 1 fully saturated rings. The van der Waals surface area contributed by atoms with Gasteiger partial charge in [0.25, 0.3) is 11.8 Å². The summed E-state index contributed by atoms with van der Waals surface area (Å²) < 4.78 is 5.31. The van der Waals surface area contributed by atoms with E-state index in [4.69, 9.17) is 4.74 Å². The fourth-order valence-electron chi connectivity index (χ4n) is 2.40. The molecule has 0 unspecified atom stereocenters. The third-order valence-corrected chi connectivity index (χ3v) is 3.54. The van der Waals surface area contributed by atoms with Crippen molar-refractivity contribution in [3.05, 3.63) is 59.7 Å². The van der Waals surface area contributed by atoms with Crippen LogP contribution >= 0.6 is 0 Å². The number of amides is 2. The molecule has 2 N–H and O–H groups in total. The SMILES string of the molecule is CCOc1cccc(/C=C2\C(=O)NN(c3ccccc3)C2=O)c1O. The molecular formula is C18H16N2O4. The Bertz CT molecular complexity index is 815. The maximum Gasteiger partial charge on any atom is 0.282 e. The van der Waals surface area contributed by atoms with E-state index in [1.54, 1.807) is 49.4 Å². The number of rotatable bonds is 4. The fraction of sp³-hybridized carbons (Fsp3) is 0.111. The Hall–Kier alpha value is -3.28. The van der Waals surface area contributed by atoms with Crippen LogP contribution in [-0.2, 0) is 9.59 Å². The number of phenolic OH excluding ortho intramolecular Hbond substituents is 1. The minimum Gasteiger partial charge on any atom is -0.504 e. The fourth-order valence-corrected chi connectivity index (χ4v) is 2.40. The van der Waals surface area contributed by atoms with Crippen LogP contribution in [0.2, 0.25) is 0 Å². The summed E-state index contributed by atoms with van der Waals surface area (Å²) in [6.07, 6.45) is 1.36. The van der Waals surface area contributed by atoms with Crippen molar-refractivity contribution in [3.8, 4) is 11.5 Å². The second kappa shape index (κ2) is 6.45. The van der Waals surface area contributed by atoms with Crippen LogP contribution in [-0.4, -0.2) is 23.5 Å². The lowest BCUT2D eigenvalue weighted by molar-refractivity contribution is -0.117. The Morgan fingerprint density at radius 2 is 1.88 bits per heavy atom. The number of hydrazine groups is 1. The molecule has 0 saturated carbocycles. The average Bonchev–Trinajstić information content (AvgIpc) is 2.87. The highest BCUT2D eigenvalue weighted by molar-refractivity contribution is 6.31. The first-order valence-electron chi connectivity index (χ1n) is 7.48. The monoisotopic (exact) mass is 324 g/mol. The van der Waals surface area contributed by atoms with Gasteiger partial charge in [-0.15, -0.1) is 0 Å². The van der Waals surface area contributed by atoms with Gasteiger partial charge in [0.1, 0.15) is 5.57 Å². The van der Waals surface area contributed by atoms with Gasteiger partial charge in [-0.3, -0.25) is 15.0 Å². The third kappa shape index (κ3) is 2.81. The molecule has 0 spiro atoms. The second-order valence-corrected chi connectivity index (χ2v) is 5.10. The molecule has 0 bridgehead atoms. The van der Waals surface area contributed by atoms with E-state index < -0.39 is 11.8 Å². The molecule has 1 heterocycles. The number of carbonyl (C=O) groups excluding carboxylic acids is 2. The molecule has 3 rings (SSSR count). The topological polar surface area (TPSA) is 78.9 Å². The van der Waals surface area contributed by atoms with E-state index in [-0.39, 0.29) is 11.3 Å². The highest BCUT2D eigenvalue weighted by Gasteiger charge is 2.34. The molecule has 24 heavy (non-hydrogen) atoms. The maximum absolute atomic E-state index is 12.5. The average molecular weight is 324 g/mol. The van der Waals surface area contributed by atoms with Crippen LogP contribution in [0.3, 0.4) is 0 Å². The van der Waals surface area contributed by atoms with Gasteiger partial charge >= 0.3 is 0 Å². The highest BCUT2D eigenvalue weighted by atomic mass is 16.5. The second-order valence-electron chi connectivity index (χ2n) is 5.10. The number of carbonyl (C=O) groups is 2. The van der Waals surface area contributed by atoms with Crippen LogP contribution in [0.15, 0.2) is 54.1 Å². The smallest absolute Gasteiger partial charge is 0.282 e. The summed E-state index contributed by atoms with van der Waals surface area (Å²) in [7, 11) is 0. The van der Waals surface area contributed by atoms with Gasteiger partial charge in [0.15, 0.2) is 11.5 Å². The van der Waals surface area contributed by atoms with Crippen molar-refractivity contribution in [2.45, 2.75) is 6.92 Å². The van der Waals surface area contributed by atoms with E-state index in [0.717, 1.165) is 0 Å². The zero-order valence-corrected chi connectivity index (χ0v) is 13.0.